The van der Waals surface area contributed by atoms with Crippen molar-refractivity contribution in [2.45, 2.75) is 19.4 Å². The van der Waals surface area contributed by atoms with Crippen LogP contribution in [0.15, 0.2) is 35.3 Å². The number of halogens is 1. The number of benzene rings is 1. The highest BCUT2D eigenvalue weighted by atomic mass is 79.9. The Labute approximate surface area is 87.8 Å². The summed E-state index contributed by atoms with van der Waals surface area (Å²) >= 11 is 3.48. The second kappa shape index (κ2) is 4.58. The van der Waals surface area contributed by atoms with Crippen molar-refractivity contribution in [1.29, 1.82) is 0 Å². The predicted octanol–water partition coefficient (Wildman–Crippen LogP) is 3.33. The Morgan fingerprint density at radius 2 is 2.31 bits per heavy atom. The van der Waals surface area contributed by atoms with Crippen LogP contribution < -0.4 is 5.73 Å². The van der Waals surface area contributed by atoms with Gasteiger partial charge in [0.1, 0.15) is 0 Å². The lowest BCUT2D eigenvalue weighted by Crippen LogP contribution is -2.08. The molecule has 0 bridgehead atoms. The van der Waals surface area contributed by atoms with Crippen LogP contribution in [-0.2, 0) is 0 Å². The molecule has 0 fully saturated rings. The molecule has 0 saturated carbocycles. The topological polar surface area (TPSA) is 26.0 Å². The normalized spacial score (nSPS) is 12.5. The number of hydrogen-bond acceptors (Lipinski definition) is 1. The van der Waals surface area contributed by atoms with E-state index in [0.717, 1.165) is 16.5 Å². The summed E-state index contributed by atoms with van der Waals surface area (Å²) in [7, 11) is 0. The Morgan fingerprint density at radius 3 is 2.85 bits per heavy atom. The van der Waals surface area contributed by atoms with Crippen LogP contribution in [0.25, 0.3) is 0 Å². The second-order valence-corrected chi connectivity index (χ2v) is 3.99. The smallest absolute Gasteiger partial charge is 0.0330 e. The fraction of sp³-hybridized carbons (Fsp3) is 0.273. The van der Waals surface area contributed by atoms with E-state index < -0.39 is 0 Å². The SMILES string of the molecule is C=CC[C@@H](N)c1ccc(C)c(Br)c1. The summed E-state index contributed by atoms with van der Waals surface area (Å²) in [5, 5.41) is 0. The summed E-state index contributed by atoms with van der Waals surface area (Å²) < 4.78 is 1.12. The third-order valence-corrected chi connectivity index (χ3v) is 2.90. The highest BCUT2D eigenvalue weighted by molar-refractivity contribution is 9.10. The van der Waals surface area contributed by atoms with Crippen LogP contribution in [0.5, 0.6) is 0 Å². The Morgan fingerprint density at radius 1 is 1.62 bits per heavy atom. The van der Waals surface area contributed by atoms with Crippen molar-refractivity contribution < 1.29 is 0 Å². The minimum Gasteiger partial charge on any atom is -0.324 e. The van der Waals surface area contributed by atoms with Gasteiger partial charge in [-0.3, -0.25) is 0 Å². The van der Waals surface area contributed by atoms with Crippen molar-refractivity contribution in [3.63, 3.8) is 0 Å². The van der Waals surface area contributed by atoms with Crippen LogP contribution in [0.3, 0.4) is 0 Å². The van der Waals surface area contributed by atoms with Crippen LogP contribution in [0.2, 0.25) is 0 Å². The molecule has 0 unspecified atom stereocenters. The van der Waals surface area contributed by atoms with Gasteiger partial charge in [0, 0.05) is 10.5 Å². The third kappa shape index (κ3) is 2.68. The summed E-state index contributed by atoms with van der Waals surface area (Å²) in [5.41, 5.74) is 8.31. The van der Waals surface area contributed by atoms with Crippen LogP contribution >= 0.6 is 15.9 Å². The van der Waals surface area contributed by atoms with E-state index in [2.05, 4.69) is 47.6 Å². The Balaban J connectivity index is 2.89. The van der Waals surface area contributed by atoms with Gasteiger partial charge in [0.15, 0.2) is 0 Å². The zero-order chi connectivity index (χ0) is 9.84. The van der Waals surface area contributed by atoms with Gasteiger partial charge in [-0.05, 0) is 30.5 Å². The molecule has 0 spiro atoms. The molecule has 1 aromatic carbocycles. The molecular formula is C11H14BrN. The first kappa shape index (κ1) is 10.5. The maximum Gasteiger partial charge on any atom is 0.0330 e. The van der Waals surface area contributed by atoms with Crippen molar-refractivity contribution >= 4 is 15.9 Å². The van der Waals surface area contributed by atoms with E-state index in [9.17, 15) is 0 Å². The molecule has 1 rings (SSSR count). The monoisotopic (exact) mass is 239 g/mol. The quantitative estimate of drug-likeness (QED) is 0.805. The average Bonchev–Trinajstić information content (AvgIpc) is 2.10. The molecular weight excluding hydrogens is 226 g/mol. The van der Waals surface area contributed by atoms with E-state index in [-0.39, 0.29) is 6.04 Å². The lowest BCUT2D eigenvalue weighted by molar-refractivity contribution is 0.741. The first-order valence-electron chi connectivity index (χ1n) is 4.27. The molecule has 0 saturated heterocycles. The Bertz CT molecular complexity index is 307. The van der Waals surface area contributed by atoms with Gasteiger partial charge in [0.25, 0.3) is 0 Å². The van der Waals surface area contributed by atoms with Gasteiger partial charge in [0.2, 0.25) is 0 Å². The maximum absolute atomic E-state index is 5.93. The minimum atomic E-state index is 0.0643. The molecule has 1 atom stereocenters. The summed E-state index contributed by atoms with van der Waals surface area (Å²) in [6, 6.07) is 6.27. The molecule has 0 aliphatic heterocycles. The van der Waals surface area contributed by atoms with Gasteiger partial charge >= 0.3 is 0 Å². The third-order valence-electron chi connectivity index (χ3n) is 2.04. The first-order chi connectivity index (χ1) is 6.15. The number of aryl methyl sites for hydroxylation is 1. The van der Waals surface area contributed by atoms with E-state index in [1.54, 1.807) is 0 Å². The number of rotatable bonds is 3. The van der Waals surface area contributed by atoms with Crippen LogP contribution in [0.4, 0.5) is 0 Å². The van der Waals surface area contributed by atoms with E-state index in [4.69, 9.17) is 5.73 Å². The molecule has 1 nitrogen and oxygen atoms in total. The van der Waals surface area contributed by atoms with Crippen molar-refractivity contribution in [1.82, 2.24) is 0 Å². The van der Waals surface area contributed by atoms with Crippen LogP contribution in [0.1, 0.15) is 23.6 Å². The van der Waals surface area contributed by atoms with E-state index in [0.29, 0.717) is 0 Å². The summed E-state index contributed by atoms with van der Waals surface area (Å²) in [6.07, 6.45) is 2.66. The lowest BCUT2D eigenvalue weighted by Gasteiger charge is -2.10. The number of nitrogens with two attached hydrogens (primary N) is 1. The molecule has 2 heteroatoms. The maximum atomic E-state index is 5.93. The zero-order valence-corrected chi connectivity index (χ0v) is 9.34. The molecule has 0 heterocycles. The fourth-order valence-electron chi connectivity index (χ4n) is 1.16. The largest absolute Gasteiger partial charge is 0.324 e. The summed E-state index contributed by atoms with van der Waals surface area (Å²) in [6.45, 7) is 5.74. The summed E-state index contributed by atoms with van der Waals surface area (Å²) in [5.74, 6) is 0. The zero-order valence-electron chi connectivity index (χ0n) is 7.76. The van der Waals surface area contributed by atoms with E-state index in [1.807, 2.05) is 6.08 Å². The molecule has 13 heavy (non-hydrogen) atoms. The molecule has 0 amide bonds. The molecule has 0 aromatic heterocycles. The van der Waals surface area contributed by atoms with Gasteiger partial charge in [-0.1, -0.05) is 34.1 Å². The van der Waals surface area contributed by atoms with Crippen molar-refractivity contribution in [3.8, 4) is 0 Å². The van der Waals surface area contributed by atoms with E-state index in [1.165, 1.54) is 5.56 Å². The average molecular weight is 240 g/mol. The van der Waals surface area contributed by atoms with E-state index >= 15 is 0 Å². The predicted molar refractivity (Wildman–Crippen MR) is 60.6 cm³/mol. The highest BCUT2D eigenvalue weighted by Crippen LogP contribution is 2.22. The van der Waals surface area contributed by atoms with Crippen LogP contribution in [0, 0.1) is 6.92 Å². The van der Waals surface area contributed by atoms with Gasteiger partial charge in [-0.25, -0.2) is 0 Å². The summed E-state index contributed by atoms with van der Waals surface area (Å²) in [4.78, 5) is 0. The van der Waals surface area contributed by atoms with Gasteiger partial charge < -0.3 is 5.73 Å². The Hall–Kier alpha value is -0.600. The van der Waals surface area contributed by atoms with Crippen molar-refractivity contribution in [2.75, 3.05) is 0 Å². The highest BCUT2D eigenvalue weighted by Gasteiger charge is 2.04. The fourth-order valence-corrected chi connectivity index (χ4v) is 1.55. The second-order valence-electron chi connectivity index (χ2n) is 3.14. The molecule has 1 aromatic rings. The lowest BCUT2D eigenvalue weighted by atomic mass is 10.0. The standard InChI is InChI=1S/C11H14BrN/c1-3-4-11(13)9-6-5-8(2)10(12)7-9/h3,5-7,11H,1,4,13H2,2H3/t11-/m1/s1. The molecule has 2 N–H and O–H groups in total. The minimum absolute atomic E-state index is 0.0643. The molecule has 0 aliphatic carbocycles. The van der Waals surface area contributed by atoms with Gasteiger partial charge in [-0.15, -0.1) is 6.58 Å². The first-order valence-corrected chi connectivity index (χ1v) is 5.07. The van der Waals surface area contributed by atoms with Gasteiger partial charge in [-0.2, -0.15) is 0 Å². The molecule has 0 aliphatic rings. The van der Waals surface area contributed by atoms with Crippen molar-refractivity contribution in [2.24, 2.45) is 5.73 Å². The molecule has 0 radical (unpaired) electrons. The Kier molecular flexibility index (Phi) is 3.70. The van der Waals surface area contributed by atoms with Crippen molar-refractivity contribution in [3.05, 3.63) is 46.5 Å². The molecule has 70 valence electrons. The number of hydrogen-bond donors (Lipinski definition) is 1. The van der Waals surface area contributed by atoms with Crippen LogP contribution in [-0.4, -0.2) is 0 Å². The van der Waals surface area contributed by atoms with Gasteiger partial charge in [0.05, 0.1) is 0 Å².